The lowest BCUT2D eigenvalue weighted by atomic mass is 10.0. The highest BCUT2D eigenvalue weighted by atomic mass is 32.1. The molecule has 1 amide bonds. The standard InChI is InChI=1S/C18H20N2O3S/c1-12-11-24-17(19-12)14-4-2-3-7-20(14)18(21)13-5-6-15-16(10-13)23-9-8-22-15/h5-6,10-11,14H,2-4,7-9H2,1H3. The lowest BCUT2D eigenvalue weighted by Gasteiger charge is -2.34. The van der Waals surface area contributed by atoms with E-state index in [4.69, 9.17) is 9.47 Å². The van der Waals surface area contributed by atoms with Gasteiger partial charge in [0.2, 0.25) is 0 Å². The van der Waals surface area contributed by atoms with E-state index in [9.17, 15) is 4.79 Å². The maximum absolute atomic E-state index is 13.1. The highest BCUT2D eigenvalue weighted by Crippen LogP contribution is 2.36. The van der Waals surface area contributed by atoms with Gasteiger partial charge in [0.25, 0.3) is 5.91 Å². The van der Waals surface area contributed by atoms with E-state index in [0.29, 0.717) is 30.3 Å². The summed E-state index contributed by atoms with van der Waals surface area (Å²) < 4.78 is 11.1. The number of aryl methyl sites for hydroxylation is 1. The van der Waals surface area contributed by atoms with Crippen LogP contribution in [0.3, 0.4) is 0 Å². The normalized spacial score (nSPS) is 20.0. The number of piperidine rings is 1. The number of fused-ring (bicyclic) bond motifs is 1. The summed E-state index contributed by atoms with van der Waals surface area (Å²) in [6.07, 6.45) is 3.15. The summed E-state index contributed by atoms with van der Waals surface area (Å²) in [4.78, 5) is 19.7. The zero-order chi connectivity index (χ0) is 16.5. The molecule has 1 saturated heterocycles. The fourth-order valence-corrected chi connectivity index (χ4v) is 4.24. The maximum Gasteiger partial charge on any atom is 0.254 e. The van der Waals surface area contributed by atoms with Crippen molar-refractivity contribution < 1.29 is 14.3 Å². The van der Waals surface area contributed by atoms with Gasteiger partial charge in [0.15, 0.2) is 11.5 Å². The fourth-order valence-electron chi connectivity index (χ4n) is 3.30. The molecule has 2 aliphatic heterocycles. The van der Waals surface area contributed by atoms with Crippen LogP contribution in [0, 0.1) is 6.92 Å². The Labute approximate surface area is 145 Å². The van der Waals surface area contributed by atoms with Gasteiger partial charge in [-0.15, -0.1) is 11.3 Å². The van der Waals surface area contributed by atoms with Crippen LogP contribution in [0.15, 0.2) is 23.6 Å². The monoisotopic (exact) mass is 344 g/mol. The van der Waals surface area contributed by atoms with Gasteiger partial charge in [-0.1, -0.05) is 0 Å². The van der Waals surface area contributed by atoms with Crippen LogP contribution in [0.4, 0.5) is 0 Å². The minimum atomic E-state index is 0.0459. The molecule has 3 heterocycles. The maximum atomic E-state index is 13.1. The van der Waals surface area contributed by atoms with Crippen LogP contribution in [-0.2, 0) is 0 Å². The number of amides is 1. The van der Waals surface area contributed by atoms with Gasteiger partial charge in [-0.3, -0.25) is 4.79 Å². The zero-order valence-corrected chi connectivity index (χ0v) is 14.5. The number of likely N-dealkylation sites (tertiary alicyclic amines) is 1. The molecule has 4 rings (SSSR count). The molecule has 5 nitrogen and oxygen atoms in total. The van der Waals surface area contributed by atoms with Crippen LogP contribution >= 0.6 is 11.3 Å². The predicted octanol–water partition coefficient (Wildman–Crippen LogP) is 3.59. The molecule has 0 spiro atoms. The van der Waals surface area contributed by atoms with Gasteiger partial charge < -0.3 is 14.4 Å². The first-order valence-corrected chi connectivity index (χ1v) is 9.23. The van der Waals surface area contributed by atoms with Crippen LogP contribution in [0.5, 0.6) is 11.5 Å². The van der Waals surface area contributed by atoms with Crippen molar-refractivity contribution in [3.05, 3.63) is 39.8 Å². The van der Waals surface area contributed by atoms with Crippen LogP contribution in [-0.4, -0.2) is 35.5 Å². The Morgan fingerprint density at radius 1 is 1.25 bits per heavy atom. The Morgan fingerprint density at radius 2 is 2.08 bits per heavy atom. The van der Waals surface area contributed by atoms with E-state index in [2.05, 4.69) is 10.4 Å². The average molecular weight is 344 g/mol. The van der Waals surface area contributed by atoms with Gasteiger partial charge in [-0.25, -0.2) is 4.98 Å². The summed E-state index contributed by atoms with van der Waals surface area (Å²) in [6, 6.07) is 5.54. The third-order valence-corrected chi connectivity index (χ3v) is 5.54. The van der Waals surface area contributed by atoms with Crippen molar-refractivity contribution in [3.63, 3.8) is 0 Å². The van der Waals surface area contributed by atoms with Gasteiger partial charge in [-0.05, 0) is 44.4 Å². The molecule has 126 valence electrons. The molecule has 1 unspecified atom stereocenters. The number of hydrogen-bond acceptors (Lipinski definition) is 5. The van der Waals surface area contributed by atoms with Crippen molar-refractivity contribution in [2.75, 3.05) is 19.8 Å². The van der Waals surface area contributed by atoms with Gasteiger partial charge in [-0.2, -0.15) is 0 Å². The first-order chi connectivity index (χ1) is 11.7. The molecule has 1 atom stereocenters. The Kier molecular flexibility index (Phi) is 4.14. The number of rotatable bonds is 2. The third kappa shape index (κ3) is 2.86. The second kappa shape index (κ2) is 6.43. The zero-order valence-electron chi connectivity index (χ0n) is 13.7. The number of carbonyl (C=O) groups is 1. The number of hydrogen-bond donors (Lipinski definition) is 0. The number of benzene rings is 1. The highest BCUT2D eigenvalue weighted by molar-refractivity contribution is 7.09. The molecule has 0 saturated carbocycles. The molecule has 0 aliphatic carbocycles. The summed E-state index contributed by atoms with van der Waals surface area (Å²) >= 11 is 1.65. The molecular formula is C18H20N2O3S. The topological polar surface area (TPSA) is 51.7 Å². The van der Waals surface area contributed by atoms with Crippen molar-refractivity contribution in [3.8, 4) is 11.5 Å². The van der Waals surface area contributed by atoms with Crippen LogP contribution < -0.4 is 9.47 Å². The van der Waals surface area contributed by atoms with E-state index < -0.39 is 0 Å². The molecule has 1 fully saturated rings. The Morgan fingerprint density at radius 3 is 2.88 bits per heavy atom. The molecule has 6 heteroatoms. The third-order valence-electron chi connectivity index (χ3n) is 4.47. The van der Waals surface area contributed by atoms with E-state index in [-0.39, 0.29) is 11.9 Å². The largest absolute Gasteiger partial charge is 0.486 e. The highest BCUT2D eigenvalue weighted by Gasteiger charge is 2.31. The second-order valence-electron chi connectivity index (χ2n) is 6.20. The molecule has 0 bridgehead atoms. The van der Waals surface area contributed by atoms with E-state index in [0.717, 1.165) is 36.5 Å². The molecule has 0 N–H and O–H groups in total. The predicted molar refractivity (Wildman–Crippen MR) is 91.9 cm³/mol. The quantitative estimate of drug-likeness (QED) is 0.835. The lowest BCUT2D eigenvalue weighted by molar-refractivity contribution is 0.0610. The first kappa shape index (κ1) is 15.4. The molecule has 24 heavy (non-hydrogen) atoms. The molecule has 2 aromatic rings. The average Bonchev–Trinajstić information content (AvgIpc) is 3.07. The van der Waals surface area contributed by atoms with E-state index in [1.165, 1.54) is 0 Å². The van der Waals surface area contributed by atoms with E-state index in [1.807, 2.05) is 24.0 Å². The summed E-state index contributed by atoms with van der Waals surface area (Å²) in [5, 5.41) is 3.09. The fraction of sp³-hybridized carbons (Fsp3) is 0.444. The number of thiazole rings is 1. The van der Waals surface area contributed by atoms with Gasteiger partial charge in [0.1, 0.15) is 18.2 Å². The van der Waals surface area contributed by atoms with Crippen molar-refractivity contribution in [2.24, 2.45) is 0 Å². The smallest absolute Gasteiger partial charge is 0.254 e. The second-order valence-corrected chi connectivity index (χ2v) is 7.09. The molecule has 1 aromatic heterocycles. The van der Waals surface area contributed by atoms with Gasteiger partial charge >= 0.3 is 0 Å². The first-order valence-electron chi connectivity index (χ1n) is 8.35. The summed E-state index contributed by atoms with van der Waals surface area (Å²) in [6.45, 7) is 3.85. The van der Waals surface area contributed by atoms with Crippen molar-refractivity contribution in [2.45, 2.75) is 32.2 Å². The van der Waals surface area contributed by atoms with Gasteiger partial charge in [0, 0.05) is 23.2 Å². The Bertz CT molecular complexity index is 758. The number of aromatic nitrogens is 1. The number of ether oxygens (including phenoxy) is 2. The summed E-state index contributed by atoms with van der Waals surface area (Å²) in [5.74, 6) is 1.42. The van der Waals surface area contributed by atoms with Crippen LogP contribution in [0.25, 0.3) is 0 Å². The Balaban J connectivity index is 1.62. The van der Waals surface area contributed by atoms with E-state index in [1.54, 1.807) is 17.4 Å². The summed E-state index contributed by atoms with van der Waals surface area (Å²) in [5.41, 5.74) is 1.67. The minimum Gasteiger partial charge on any atom is -0.486 e. The summed E-state index contributed by atoms with van der Waals surface area (Å²) in [7, 11) is 0. The van der Waals surface area contributed by atoms with Crippen molar-refractivity contribution in [1.82, 2.24) is 9.88 Å². The van der Waals surface area contributed by atoms with Crippen molar-refractivity contribution >= 4 is 17.2 Å². The van der Waals surface area contributed by atoms with Gasteiger partial charge in [0.05, 0.1) is 6.04 Å². The number of carbonyl (C=O) groups excluding carboxylic acids is 1. The number of nitrogens with zero attached hydrogens (tertiary/aromatic N) is 2. The molecule has 2 aliphatic rings. The minimum absolute atomic E-state index is 0.0459. The van der Waals surface area contributed by atoms with Crippen LogP contribution in [0.1, 0.15) is 46.4 Å². The molecule has 1 aromatic carbocycles. The van der Waals surface area contributed by atoms with Crippen molar-refractivity contribution in [1.29, 1.82) is 0 Å². The lowest BCUT2D eigenvalue weighted by Crippen LogP contribution is -2.38. The SMILES string of the molecule is Cc1csc(C2CCCCN2C(=O)c2ccc3c(c2)OCCO3)n1. The van der Waals surface area contributed by atoms with E-state index >= 15 is 0 Å². The molecular weight excluding hydrogens is 324 g/mol. The van der Waals surface area contributed by atoms with Crippen LogP contribution in [0.2, 0.25) is 0 Å². The Hall–Kier alpha value is -2.08. The molecule has 0 radical (unpaired) electrons.